The van der Waals surface area contributed by atoms with E-state index in [2.05, 4.69) is 36.9 Å². The number of carbonyl (C=O) groups is 1. The van der Waals surface area contributed by atoms with Gasteiger partial charge in [-0.25, -0.2) is 19.9 Å². The molecule has 0 aromatic carbocycles. The van der Waals surface area contributed by atoms with Crippen LogP contribution in [0.1, 0.15) is 10.4 Å². The summed E-state index contributed by atoms with van der Waals surface area (Å²) in [4.78, 5) is 37.6. The van der Waals surface area contributed by atoms with Crippen LogP contribution in [0.25, 0.3) is 21.6 Å². The fourth-order valence-electron chi connectivity index (χ4n) is 4.60. The van der Waals surface area contributed by atoms with Crippen molar-refractivity contribution in [3.8, 4) is 11.4 Å². The molecule has 0 bridgehead atoms. The van der Waals surface area contributed by atoms with E-state index in [4.69, 9.17) is 14.7 Å². The van der Waals surface area contributed by atoms with Crippen LogP contribution >= 0.6 is 11.3 Å². The first-order chi connectivity index (χ1) is 17.6. The fourth-order valence-corrected chi connectivity index (χ4v) is 5.91. The number of morpholine rings is 1. The maximum absolute atomic E-state index is 10.8. The van der Waals surface area contributed by atoms with Gasteiger partial charge in [0.05, 0.1) is 29.0 Å². The van der Waals surface area contributed by atoms with Crippen molar-refractivity contribution in [3.63, 3.8) is 0 Å². The van der Waals surface area contributed by atoms with Gasteiger partial charge in [0, 0.05) is 76.7 Å². The maximum Gasteiger partial charge on any atom is 0.222 e. The van der Waals surface area contributed by atoms with Crippen LogP contribution in [0, 0.1) is 6.92 Å². The minimum absolute atomic E-state index is 0.402. The van der Waals surface area contributed by atoms with Crippen LogP contribution < -0.4 is 10.2 Å². The van der Waals surface area contributed by atoms with E-state index >= 15 is 0 Å². The third-order valence-electron chi connectivity index (χ3n) is 6.73. The van der Waals surface area contributed by atoms with Crippen LogP contribution in [0.5, 0.6) is 0 Å². The second-order valence-corrected chi connectivity index (χ2v) is 10.2. The Balaban J connectivity index is 1.43. The molecule has 5 heterocycles. The molecule has 36 heavy (non-hydrogen) atoms. The Kier molecular flexibility index (Phi) is 7.67. The van der Waals surface area contributed by atoms with Crippen LogP contribution in [0.3, 0.4) is 0 Å². The highest BCUT2D eigenvalue weighted by molar-refractivity contribution is 7.19. The molecule has 12 heteroatoms. The zero-order chi connectivity index (χ0) is 25.1. The first-order valence-corrected chi connectivity index (χ1v) is 13.1. The number of thiophene rings is 1. The second kappa shape index (κ2) is 11.1. The number of β-amino-alcohol motifs (C(OH)–C–C–N with tert-alkyl or cyclic N) is 1. The molecule has 192 valence electrons. The highest BCUT2D eigenvalue weighted by atomic mass is 32.1. The average molecular weight is 513 g/mol. The van der Waals surface area contributed by atoms with E-state index in [1.54, 1.807) is 30.8 Å². The highest BCUT2D eigenvalue weighted by Gasteiger charge is 2.25. The number of anilines is 2. The summed E-state index contributed by atoms with van der Waals surface area (Å²) in [6.07, 6.45) is 3.21. The van der Waals surface area contributed by atoms with Gasteiger partial charge >= 0.3 is 0 Å². The van der Waals surface area contributed by atoms with E-state index in [0.717, 1.165) is 67.4 Å². The van der Waals surface area contributed by atoms with Gasteiger partial charge < -0.3 is 24.9 Å². The highest BCUT2D eigenvalue weighted by Crippen LogP contribution is 2.38. The number of nitrogens with zero attached hydrogens (tertiary/aromatic N) is 7. The largest absolute Gasteiger partial charge is 0.384 e. The predicted octanol–water partition coefficient (Wildman–Crippen LogP) is 1.01. The van der Waals surface area contributed by atoms with E-state index in [0.29, 0.717) is 37.8 Å². The minimum Gasteiger partial charge on any atom is -0.384 e. The van der Waals surface area contributed by atoms with E-state index in [9.17, 15) is 9.90 Å². The quantitative estimate of drug-likeness (QED) is 0.421. The first-order valence-electron chi connectivity index (χ1n) is 12.3. The summed E-state index contributed by atoms with van der Waals surface area (Å²) < 4.78 is 6.69. The molecule has 5 rings (SSSR count). The molecule has 2 saturated heterocycles. The number of aromatic nitrogens is 4. The van der Waals surface area contributed by atoms with Crippen molar-refractivity contribution in [2.75, 3.05) is 76.3 Å². The van der Waals surface area contributed by atoms with Crippen LogP contribution in [-0.2, 0) is 16.1 Å². The summed E-state index contributed by atoms with van der Waals surface area (Å²) in [6.45, 7) is 9.79. The van der Waals surface area contributed by atoms with Crippen molar-refractivity contribution in [1.29, 1.82) is 0 Å². The number of aliphatic hydroxyl groups excluding tert-OH is 1. The van der Waals surface area contributed by atoms with Crippen LogP contribution in [0.4, 0.5) is 11.8 Å². The normalized spacial score (nSPS) is 18.5. The molecule has 0 aliphatic carbocycles. The van der Waals surface area contributed by atoms with Gasteiger partial charge in [-0.3, -0.25) is 9.80 Å². The summed E-state index contributed by atoms with van der Waals surface area (Å²) >= 11 is 1.77. The van der Waals surface area contributed by atoms with Crippen molar-refractivity contribution in [2.24, 2.45) is 0 Å². The van der Waals surface area contributed by atoms with Gasteiger partial charge in [0.15, 0.2) is 11.6 Å². The Morgan fingerprint density at radius 3 is 2.47 bits per heavy atom. The molecule has 0 saturated carbocycles. The molecule has 3 aromatic rings. The summed E-state index contributed by atoms with van der Waals surface area (Å²) in [5.41, 5.74) is 2.94. The zero-order valence-corrected chi connectivity index (χ0v) is 21.5. The minimum atomic E-state index is -0.910. The number of aryl methyl sites for hydroxylation is 1. The van der Waals surface area contributed by atoms with E-state index < -0.39 is 6.10 Å². The lowest BCUT2D eigenvalue weighted by atomic mass is 10.2. The molecule has 0 amide bonds. The van der Waals surface area contributed by atoms with Gasteiger partial charge in [-0.1, -0.05) is 0 Å². The number of fused-ring (bicyclic) bond motifs is 1. The third-order valence-corrected chi connectivity index (χ3v) is 7.99. The van der Waals surface area contributed by atoms with Crippen LogP contribution in [0.15, 0.2) is 12.4 Å². The molecule has 1 atom stereocenters. The van der Waals surface area contributed by atoms with E-state index in [1.165, 1.54) is 10.4 Å². The molecule has 0 unspecified atom stereocenters. The molecular formula is C24H32N8O3S. The Bertz CT molecular complexity index is 1190. The van der Waals surface area contributed by atoms with Gasteiger partial charge in [-0.2, -0.15) is 0 Å². The lowest BCUT2D eigenvalue weighted by Crippen LogP contribution is -2.48. The molecule has 2 aliphatic rings. The van der Waals surface area contributed by atoms with Gasteiger partial charge in [-0.15, -0.1) is 11.3 Å². The average Bonchev–Trinajstić information content (AvgIpc) is 3.24. The van der Waals surface area contributed by atoms with Crippen molar-refractivity contribution < 1.29 is 14.6 Å². The maximum atomic E-state index is 10.8. The van der Waals surface area contributed by atoms with Crippen LogP contribution in [0.2, 0.25) is 0 Å². The van der Waals surface area contributed by atoms with Gasteiger partial charge in [-0.05, 0) is 12.5 Å². The third kappa shape index (κ3) is 5.32. The molecule has 0 radical (unpaired) electrons. The smallest absolute Gasteiger partial charge is 0.222 e. The molecule has 11 nitrogen and oxygen atoms in total. The molecular weight excluding hydrogens is 480 g/mol. The summed E-state index contributed by atoms with van der Waals surface area (Å²) in [6, 6.07) is 0. The molecule has 2 N–H and O–H groups in total. The van der Waals surface area contributed by atoms with Crippen molar-refractivity contribution in [1.82, 2.24) is 29.7 Å². The number of hydrogen-bond acceptors (Lipinski definition) is 12. The summed E-state index contributed by atoms with van der Waals surface area (Å²) in [5.74, 6) is 2.13. The van der Waals surface area contributed by atoms with Crippen molar-refractivity contribution in [2.45, 2.75) is 19.6 Å². The van der Waals surface area contributed by atoms with Gasteiger partial charge in [0.2, 0.25) is 5.95 Å². The standard InChI is InChI=1S/C24H32N8O3S/c1-16-19(14-31-5-3-30(4-6-31)13-18(34)15-33)36-21-20(16)28-22(17-11-26-24(25-2)27-12-17)29-23(21)32-7-9-35-10-8-32/h11-12,15,18,34H,3-10,13-14H2,1-2H3,(H,25,26,27)/t18-/m0/s1. The Morgan fingerprint density at radius 2 is 1.81 bits per heavy atom. The molecule has 2 aliphatic heterocycles. The lowest BCUT2D eigenvalue weighted by Gasteiger charge is -2.34. The number of hydrogen-bond donors (Lipinski definition) is 2. The Labute approximate surface area is 214 Å². The Morgan fingerprint density at radius 1 is 1.11 bits per heavy atom. The number of piperazine rings is 1. The molecule has 3 aromatic heterocycles. The Hall–Kier alpha value is -2.77. The number of nitrogens with one attached hydrogen (secondary N) is 1. The lowest BCUT2D eigenvalue weighted by molar-refractivity contribution is -0.115. The SMILES string of the molecule is CNc1ncc(-c2nc(N3CCOCC3)c3sc(CN4CCN(C[C@H](O)C=O)CC4)c(C)c3n2)cn1. The van der Waals surface area contributed by atoms with Crippen molar-refractivity contribution >= 4 is 39.6 Å². The van der Waals surface area contributed by atoms with E-state index in [-0.39, 0.29) is 0 Å². The van der Waals surface area contributed by atoms with Gasteiger partial charge in [0.25, 0.3) is 0 Å². The number of carbonyl (C=O) groups excluding carboxylic acids is 1. The summed E-state index contributed by atoms with van der Waals surface area (Å²) in [7, 11) is 1.79. The number of aliphatic hydroxyl groups is 1. The number of ether oxygens (including phenoxy) is 1. The summed E-state index contributed by atoms with van der Waals surface area (Å²) in [5, 5.41) is 12.6. The van der Waals surface area contributed by atoms with Crippen molar-refractivity contribution in [3.05, 3.63) is 22.8 Å². The predicted molar refractivity (Wildman–Crippen MR) is 140 cm³/mol. The van der Waals surface area contributed by atoms with E-state index in [1.807, 2.05) is 0 Å². The monoisotopic (exact) mass is 512 g/mol. The zero-order valence-electron chi connectivity index (χ0n) is 20.7. The molecule has 2 fully saturated rings. The topological polar surface area (TPSA) is 120 Å². The first kappa shape index (κ1) is 24.9. The van der Waals surface area contributed by atoms with Crippen LogP contribution in [-0.4, -0.2) is 113 Å². The molecule has 0 spiro atoms. The fraction of sp³-hybridized carbons (Fsp3) is 0.542. The van der Waals surface area contributed by atoms with Gasteiger partial charge in [0.1, 0.15) is 12.4 Å². The number of aldehydes is 1. The second-order valence-electron chi connectivity index (χ2n) is 9.12. The number of rotatable bonds is 8.